The van der Waals surface area contributed by atoms with E-state index in [-0.39, 0.29) is 17.9 Å². The van der Waals surface area contributed by atoms with Crippen LogP contribution in [0.4, 0.5) is 5.82 Å². The normalized spacial score (nSPS) is 23.2. The molecule has 3 heterocycles. The molecule has 2 aliphatic rings. The number of anilines is 1. The van der Waals surface area contributed by atoms with Crippen molar-refractivity contribution in [2.24, 2.45) is 5.92 Å². The number of amides is 2. The first-order valence-corrected chi connectivity index (χ1v) is 9.86. The summed E-state index contributed by atoms with van der Waals surface area (Å²) < 4.78 is 0. The molecule has 2 saturated heterocycles. The number of hydrogen-bond acceptors (Lipinski definition) is 4. The van der Waals surface area contributed by atoms with Crippen LogP contribution < -0.4 is 10.2 Å². The average Bonchev–Trinajstić information content (AvgIpc) is 3.04. The maximum atomic E-state index is 12.8. The Hall–Kier alpha value is -2.11. The van der Waals surface area contributed by atoms with E-state index in [1.807, 2.05) is 17.0 Å². The molecule has 1 aromatic heterocycles. The van der Waals surface area contributed by atoms with Gasteiger partial charge in [0, 0.05) is 44.9 Å². The fourth-order valence-corrected chi connectivity index (χ4v) is 4.15. The Morgan fingerprint density at radius 3 is 2.69 bits per heavy atom. The SMILES string of the molecule is CCC[C@@H]1CN(c2cc(C(=O)N3CCCCC3)ccn2)C[C@H]1NC(C)=O. The zero-order valence-electron chi connectivity index (χ0n) is 15.9. The van der Waals surface area contributed by atoms with Crippen LogP contribution in [0.5, 0.6) is 0 Å². The van der Waals surface area contributed by atoms with Crippen molar-refractivity contribution in [1.82, 2.24) is 15.2 Å². The van der Waals surface area contributed by atoms with Crippen molar-refractivity contribution < 1.29 is 9.59 Å². The Kier molecular flexibility index (Phi) is 6.12. The zero-order chi connectivity index (χ0) is 18.5. The van der Waals surface area contributed by atoms with Gasteiger partial charge in [-0.05, 0) is 43.7 Å². The Morgan fingerprint density at radius 1 is 1.23 bits per heavy atom. The summed E-state index contributed by atoms with van der Waals surface area (Å²) in [6.45, 7) is 7.06. The van der Waals surface area contributed by atoms with Crippen molar-refractivity contribution in [3.05, 3.63) is 23.9 Å². The van der Waals surface area contributed by atoms with Gasteiger partial charge in [0.25, 0.3) is 5.91 Å². The van der Waals surface area contributed by atoms with E-state index in [2.05, 4.69) is 22.1 Å². The van der Waals surface area contributed by atoms with Crippen LogP contribution in [-0.4, -0.2) is 53.9 Å². The van der Waals surface area contributed by atoms with Crippen LogP contribution in [0.15, 0.2) is 18.3 Å². The Balaban J connectivity index is 1.73. The fourth-order valence-electron chi connectivity index (χ4n) is 4.15. The number of nitrogens with zero attached hydrogens (tertiary/aromatic N) is 3. The first kappa shape index (κ1) is 18.7. The quantitative estimate of drug-likeness (QED) is 0.878. The number of nitrogens with one attached hydrogen (secondary N) is 1. The van der Waals surface area contributed by atoms with Gasteiger partial charge in [0.05, 0.1) is 6.04 Å². The monoisotopic (exact) mass is 358 g/mol. The highest BCUT2D eigenvalue weighted by Gasteiger charge is 2.33. The summed E-state index contributed by atoms with van der Waals surface area (Å²) in [4.78, 5) is 32.9. The first-order valence-electron chi connectivity index (χ1n) is 9.86. The van der Waals surface area contributed by atoms with Gasteiger partial charge < -0.3 is 15.1 Å². The third-order valence-corrected chi connectivity index (χ3v) is 5.45. The fraction of sp³-hybridized carbons (Fsp3) is 0.650. The summed E-state index contributed by atoms with van der Waals surface area (Å²) in [6.07, 6.45) is 7.29. The van der Waals surface area contributed by atoms with Gasteiger partial charge in [-0.2, -0.15) is 0 Å². The van der Waals surface area contributed by atoms with Gasteiger partial charge in [0.2, 0.25) is 5.91 Å². The second kappa shape index (κ2) is 8.52. The predicted molar refractivity (Wildman–Crippen MR) is 102 cm³/mol. The molecule has 0 aliphatic carbocycles. The maximum absolute atomic E-state index is 12.8. The molecule has 0 aromatic carbocycles. The van der Waals surface area contributed by atoms with Crippen LogP contribution in [0.25, 0.3) is 0 Å². The molecule has 2 amide bonds. The number of hydrogen-bond donors (Lipinski definition) is 1. The molecular weight excluding hydrogens is 328 g/mol. The van der Waals surface area contributed by atoms with E-state index >= 15 is 0 Å². The van der Waals surface area contributed by atoms with Crippen LogP contribution in [-0.2, 0) is 4.79 Å². The summed E-state index contributed by atoms with van der Waals surface area (Å²) in [7, 11) is 0. The van der Waals surface area contributed by atoms with Gasteiger partial charge in [-0.25, -0.2) is 4.98 Å². The number of carbonyl (C=O) groups excluding carboxylic acids is 2. The Bertz CT molecular complexity index is 642. The standard InChI is InChI=1S/C20H30N4O2/c1-3-7-17-13-24(14-18(17)22-15(2)25)19-12-16(8-9-21-19)20(26)23-10-5-4-6-11-23/h8-9,12,17-18H,3-7,10-11,13-14H2,1-2H3,(H,22,25)/t17-,18-/m1/s1. The number of likely N-dealkylation sites (tertiary alicyclic amines) is 1. The number of rotatable bonds is 5. The molecule has 2 aliphatic heterocycles. The van der Waals surface area contributed by atoms with Crippen LogP contribution in [0.3, 0.4) is 0 Å². The van der Waals surface area contributed by atoms with Gasteiger partial charge in [0.15, 0.2) is 0 Å². The lowest BCUT2D eigenvalue weighted by Crippen LogP contribution is -2.39. The summed E-state index contributed by atoms with van der Waals surface area (Å²) in [6, 6.07) is 3.87. The number of pyridine rings is 1. The molecule has 2 fully saturated rings. The Morgan fingerprint density at radius 2 is 2.00 bits per heavy atom. The van der Waals surface area contributed by atoms with Crippen molar-refractivity contribution in [1.29, 1.82) is 0 Å². The predicted octanol–water partition coefficient (Wildman–Crippen LogP) is 2.45. The van der Waals surface area contributed by atoms with Gasteiger partial charge in [-0.3, -0.25) is 9.59 Å². The molecule has 0 spiro atoms. The number of aromatic nitrogens is 1. The van der Waals surface area contributed by atoms with Crippen molar-refractivity contribution >= 4 is 17.6 Å². The van der Waals surface area contributed by atoms with Gasteiger partial charge in [-0.1, -0.05) is 13.3 Å². The molecule has 1 N–H and O–H groups in total. The van der Waals surface area contributed by atoms with Crippen molar-refractivity contribution in [3.63, 3.8) is 0 Å². The Labute approximate surface area is 156 Å². The summed E-state index contributed by atoms with van der Waals surface area (Å²) in [5.41, 5.74) is 0.715. The van der Waals surface area contributed by atoms with E-state index in [9.17, 15) is 9.59 Å². The molecule has 0 bridgehead atoms. The minimum absolute atomic E-state index is 0.0138. The lowest BCUT2D eigenvalue weighted by Gasteiger charge is -2.27. The molecule has 6 nitrogen and oxygen atoms in total. The second-order valence-corrected chi connectivity index (χ2v) is 7.52. The van der Waals surface area contributed by atoms with Crippen LogP contribution in [0.1, 0.15) is 56.3 Å². The van der Waals surface area contributed by atoms with Crippen molar-refractivity contribution in [2.75, 3.05) is 31.1 Å². The molecule has 2 atom stereocenters. The molecule has 1 aromatic rings. The van der Waals surface area contributed by atoms with E-state index in [1.165, 1.54) is 6.42 Å². The lowest BCUT2D eigenvalue weighted by molar-refractivity contribution is -0.119. The highest BCUT2D eigenvalue weighted by atomic mass is 16.2. The van der Waals surface area contributed by atoms with E-state index in [1.54, 1.807) is 13.1 Å². The zero-order valence-corrected chi connectivity index (χ0v) is 15.9. The molecular formula is C20H30N4O2. The summed E-state index contributed by atoms with van der Waals surface area (Å²) in [5, 5.41) is 3.08. The smallest absolute Gasteiger partial charge is 0.254 e. The molecule has 26 heavy (non-hydrogen) atoms. The molecule has 6 heteroatoms. The lowest BCUT2D eigenvalue weighted by atomic mass is 9.98. The molecule has 0 saturated carbocycles. The van der Waals surface area contributed by atoms with Crippen LogP contribution in [0.2, 0.25) is 0 Å². The highest BCUT2D eigenvalue weighted by molar-refractivity contribution is 5.95. The van der Waals surface area contributed by atoms with Crippen molar-refractivity contribution in [3.8, 4) is 0 Å². The molecule has 0 unspecified atom stereocenters. The van der Waals surface area contributed by atoms with E-state index < -0.39 is 0 Å². The maximum Gasteiger partial charge on any atom is 0.254 e. The van der Waals surface area contributed by atoms with Gasteiger partial charge >= 0.3 is 0 Å². The third kappa shape index (κ3) is 4.34. The van der Waals surface area contributed by atoms with Gasteiger partial charge in [0.1, 0.15) is 5.82 Å². The minimum Gasteiger partial charge on any atom is -0.354 e. The molecule has 3 rings (SSSR count). The van der Waals surface area contributed by atoms with Crippen LogP contribution in [0, 0.1) is 5.92 Å². The van der Waals surface area contributed by atoms with Crippen molar-refractivity contribution in [2.45, 2.75) is 52.0 Å². The third-order valence-electron chi connectivity index (χ3n) is 5.45. The van der Waals surface area contributed by atoms with Gasteiger partial charge in [-0.15, -0.1) is 0 Å². The minimum atomic E-state index is 0.0138. The van der Waals surface area contributed by atoms with E-state index in [0.29, 0.717) is 11.5 Å². The summed E-state index contributed by atoms with van der Waals surface area (Å²) in [5.74, 6) is 1.38. The second-order valence-electron chi connectivity index (χ2n) is 7.52. The molecule has 0 radical (unpaired) electrons. The van der Waals surface area contributed by atoms with Crippen LogP contribution >= 0.6 is 0 Å². The molecule has 142 valence electrons. The summed E-state index contributed by atoms with van der Waals surface area (Å²) >= 11 is 0. The average molecular weight is 358 g/mol. The highest BCUT2D eigenvalue weighted by Crippen LogP contribution is 2.26. The van der Waals surface area contributed by atoms with E-state index in [0.717, 1.165) is 57.7 Å². The largest absolute Gasteiger partial charge is 0.354 e. The number of carbonyl (C=O) groups is 2. The van der Waals surface area contributed by atoms with E-state index in [4.69, 9.17) is 0 Å². The number of piperidine rings is 1. The topological polar surface area (TPSA) is 65.5 Å². The first-order chi connectivity index (χ1) is 12.6.